The molecule has 76 valence electrons. The molecule has 13 heavy (non-hydrogen) atoms. The standard InChI is InChI=1S/C10H19NO2/c1-8(2)7-13-10(12)11-6-4-5-9(11)3/h8-9H,4-7H2,1-3H3/t9-/m0/s1. The Morgan fingerprint density at radius 3 is 2.77 bits per heavy atom. The first-order valence-corrected chi connectivity index (χ1v) is 5.04. The average Bonchev–Trinajstić information content (AvgIpc) is 2.47. The maximum Gasteiger partial charge on any atom is 0.410 e. The topological polar surface area (TPSA) is 29.5 Å². The van der Waals surface area contributed by atoms with Crippen molar-refractivity contribution in [2.24, 2.45) is 5.92 Å². The predicted molar refractivity (Wildman–Crippen MR) is 51.6 cm³/mol. The molecule has 3 nitrogen and oxygen atoms in total. The monoisotopic (exact) mass is 185 g/mol. The third-order valence-electron chi connectivity index (χ3n) is 2.33. The highest BCUT2D eigenvalue weighted by molar-refractivity contribution is 5.68. The van der Waals surface area contributed by atoms with Gasteiger partial charge in [0.05, 0.1) is 6.61 Å². The van der Waals surface area contributed by atoms with Gasteiger partial charge in [-0.2, -0.15) is 0 Å². The Labute approximate surface area is 80.1 Å². The smallest absolute Gasteiger partial charge is 0.410 e. The molecule has 0 N–H and O–H groups in total. The van der Waals surface area contributed by atoms with Crippen molar-refractivity contribution in [1.29, 1.82) is 0 Å². The minimum atomic E-state index is -0.140. The van der Waals surface area contributed by atoms with Gasteiger partial charge in [-0.05, 0) is 25.7 Å². The quantitative estimate of drug-likeness (QED) is 0.660. The van der Waals surface area contributed by atoms with Crippen LogP contribution in [0.2, 0.25) is 0 Å². The number of hydrogen-bond donors (Lipinski definition) is 0. The Balaban J connectivity index is 2.30. The summed E-state index contributed by atoms with van der Waals surface area (Å²) >= 11 is 0. The van der Waals surface area contributed by atoms with Crippen molar-refractivity contribution in [2.75, 3.05) is 13.2 Å². The first kappa shape index (κ1) is 10.4. The van der Waals surface area contributed by atoms with Crippen LogP contribution >= 0.6 is 0 Å². The molecule has 1 amide bonds. The molecule has 0 aromatic heterocycles. The molecular weight excluding hydrogens is 166 g/mol. The van der Waals surface area contributed by atoms with E-state index in [0.29, 0.717) is 18.6 Å². The van der Waals surface area contributed by atoms with E-state index >= 15 is 0 Å². The molecule has 0 aliphatic carbocycles. The maximum atomic E-state index is 11.5. The Morgan fingerprint density at radius 1 is 1.62 bits per heavy atom. The lowest BCUT2D eigenvalue weighted by atomic mass is 10.2. The van der Waals surface area contributed by atoms with Crippen LogP contribution < -0.4 is 0 Å². The number of rotatable bonds is 2. The van der Waals surface area contributed by atoms with Crippen molar-refractivity contribution >= 4 is 6.09 Å². The van der Waals surface area contributed by atoms with Crippen LogP contribution in [0.5, 0.6) is 0 Å². The Bertz CT molecular complexity index is 180. The fourth-order valence-electron chi connectivity index (χ4n) is 1.53. The summed E-state index contributed by atoms with van der Waals surface area (Å²) in [6.07, 6.45) is 2.08. The number of likely N-dealkylation sites (tertiary alicyclic amines) is 1. The zero-order valence-corrected chi connectivity index (χ0v) is 8.75. The molecule has 1 heterocycles. The molecule has 1 atom stereocenters. The van der Waals surface area contributed by atoms with Gasteiger partial charge >= 0.3 is 6.09 Å². The van der Waals surface area contributed by atoms with Crippen LogP contribution in [0.3, 0.4) is 0 Å². The average molecular weight is 185 g/mol. The summed E-state index contributed by atoms with van der Waals surface area (Å²) in [5.41, 5.74) is 0. The minimum absolute atomic E-state index is 0.140. The maximum absolute atomic E-state index is 11.5. The summed E-state index contributed by atoms with van der Waals surface area (Å²) in [7, 11) is 0. The lowest BCUT2D eigenvalue weighted by molar-refractivity contribution is 0.0904. The van der Waals surface area contributed by atoms with E-state index in [1.54, 1.807) is 0 Å². The molecular formula is C10H19NO2. The second-order valence-electron chi connectivity index (χ2n) is 4.16. The zero-order chi connectivity index (χ0) is 9.84. The number of carbonyl (C=O) groups is 1. The van der Waals surface area contributed by atoms with Gasteiger partial charge in [-0.1, -0.05) is 13.8 Å². The van der Waals surface area contributed by atoms with E-state index < -0.39 is 0 Å². The van der Waals surface area contributed by atoms with Gasteiger partial charge in [-0.25, -0.2) is 4.79 Å². The van der Waals surface area contributed by atoms with E-state index in [-0.39, 0.29) is 6.09 Å². The third-order valence-corrected chi connectivity index (χ3v) is 2.33. The van der Waals surface area contributed by atoms with Gasteiger partial charge in [0.15, 0.2) is 0 Å². The molecule has 3 heteroatoms. The normalized spacial score (nSPS) is 22.5. The van der Waals surface area contributed by atoms with Crippen molar-refractivity contribution in [3.63, 3.8) is 0 Å². The summed E-state index contributed by atoms with van der Waals surface area (Å²) in [6.45, 7) is 7.55. The first-order chi connectivity index (χ1) is 6.11. The number of hydrogen-bond acceptors (Lipinski definition) is 2. The second-order valence-corrected chi connectivity index (χ2v) is 4.16. The Morgan fingerprint density at radius 2 is 2.31 bits per heavy atom. The van der Waals surface area contributed by atoms with Gasteiger partial charge < -0.3 is 9.64 Å². The van der Waals surface area contributed by atoms with Crippen LogP contribution in [0.25, 0.3) is 0 Å². The molecule has 0 bridgehead atoms. The van der Waals surface area contributed by atoms with Crippen molar-refractivity contribution in [3.05, 3.63) is 0 Å². The van der Waals surface area contributed by atoms with Crippen LogP contribution in [-0.4, -0.2) is 30.2 Å². The fraction of sp³-hybridized carbons (Fsp3) is 0.900. The highest BCUT2D eigenvalue weighted by atomic mass is 16.6. The number of ether oxygens (including phenoxy) is 1. The van der Waals surface area contributed by atoms with Crippen molar-refractivity contribution in [1.82, 2.24) is 4.90 Å². The number of nitrogens with zero attached hydrogens (tertiary/aromatic N) is 1. The SMILES string of the molecule is CC(C)COC(=O)N1CCC[C@@H]1C. The number of carbonyl (C=O) groups excluding carboxylic acids is 1. The molecule has 0 radical (unpaired) electrons. The highest BCUT2D eigenvalue weighted by Crippen LogP contribution is 2.17. The van der Waals surface area contributed by atoms with E-state index in [9.17, 15) is 4.79 Å². The molecule has 0 aromatic carbocycles. The van der Waals surface area contributed by atoms with Crippen LogP contribution in [0, 0.1) is 5.92 Å². The predicted octanol–water partition coefficient (Wildman–Crippen LogP) is 2.26. The summed E-state index contributed by atoms with van der Waals surface area (Å²) in [5, 5.41) is 0. The largest absolute Gasteiger partial charge is 0.449 e. The lowest BCUT2D eigenvalue weighted by Crippen LogP contribution is -2.34. The Hall–Kier alpha value is -0.730. The van der Waals surface area contributed by atoms with Crippen molar-refractivity contribution in [3.8, 4) is 0 Å². The molecule has 0 saturated carbocycles. The summed E-state index contributed by atoms with van der Waals surface area (Å²) in [4.78, 5) is 13.3. The van der Waals surface area contributed by atoms with Gasteiger partial charge in [-0.15, -0.1) is 0 Å². The van der Waals surface area contributed by atoms with E-state index in [1.165, 1.54) is 0 Å². The van der Waals surface area contributed by atoms with Crippen molar-refractivity contribution < 1.29 is 9.53 Å². The lowest BCUT2D eigenvalue weighted by Gasteiger charge is -2.21. The number of amides is 1. The molecule has 1 aliphatic heterocycles. The van der Waals surface area contributed by atoms with E-state index in [4.69, 9.17) is 4.74 Å². The zero-order valence-electron chi connectivity index (χ0n) is 8.75. The highest BCUT2D eigenvalue weighted by Gasteiger charge is 2.26. The van der Waals surface area contributed by atoms with Gasteiger partial charge in [0.1, 0.15) is 0 Å². The van der Waals surface area contributed by atoms with Gasteiger partial charge in [0.2, 0.25) is 0 Å². The Kier molecular flexibility index (Phi) is 3.58. The minimum Gasteiger partial charge on any atom is -0.449 e. The molecule has 0 unspecified atom stereocenters. The molecule has 1 rings (SSSR count). The second kappa shape index (κ2) is 4.49. The summed E-state index contributed by atoms with van der Waals surface area (Å²) < 4.78 is 5.14. The van der Waals surface area contributed by atoms with Gasteiger partial charge in [0.25, 0.3) is 0 Å². The summed E-state index contributed by atoms with van der Waals surface area (Å²) in [5.74, 6) is 0.418. The van der Waals surface area contributed by atoms with E-state index in [0.717, 1.165) is 19.4 Å². The van der Waals surface area contributed by atoms with Crippen LogP contribution in [-0.2, 0) is 4.74 Å². The fourth-order valence-corrected chi connectivity index (χ4v) is 1.53. The summed E-state index contributed by atoms with van der Waals surface area (Å²) in [6, 6.07) is 0.361. The van der Waals surface area contributed by atoms with Crippen LogP contribution in [0.15, 0.2) is 0 Å². The molecule has 1 fully saturated rings. The van der Waals surface area contributed by atoms with E-state index in [2.05, 4.69) is 6.92 Å². The van der Waals surface area contributed by atoms with Crippen LogP contribution in [0.4, 0.5) is 4.79 Å². The molecule has 1 aliphatic rings. The molecule has 0 aromatic rings. The van der Waals surface area contributed by atoms with Crippen molar-refractivity contribution in [2.45, 2.75) is 39.7 Å². The van der Waals surface area contributed by atoms with E-state index in [1.807, 2.05) is 18.7 Å². The van der Waals surface area contributed by atoms with Gasteiger partial charge in [-0.3, -0.25) is 0 Å². The first-order valence-electron chi connectivity index (χ1n) is 5.04. The van der Waals surface area contributed by atoms with Gasteiger partial charge in [0, 0.05) is 12.6 Å². The molecule has 0 spiro atoms. The van der Waals surface area contributed by atoms with Crippen LogP contribution in [0.1, 0.15) is 33.6 Å². The molecule has 1 saturated heterocycles. The third kappa shape index (κ3) is 2.90.